The highest BCUT2D eigenvalue weighted by Crippen LogP contribution is 2.18. The highest BCUT2D eigenvalue weighted by atomic mass is 32.2. The van der Waals surface area contributed by atoms with Crippen LogP contribution in [0.3, 0.4) is 0 Å². The van der Waals surface area contributed by atoms with Gasteiger partial charge in [-0.3, -0.25) is 9.59 Å². The van der Waals surface area contributed by atoms with Crippen molar-refractivity contribution in [2.45, 2.75) is 30.8 Å². The van der Waals surface area contributed by atoms with Crippen molar-refractivity contribution in [1.29, 1.82) is 0 Å². The molecule has 5 nitrogen and oxygen atoms in total. The van der Waals surface area contributed by atoms with Crippen LogP contribution < -0.4 is 5.32 Å². The molecule has 1 fully saturated rings. The maximum absolute atomic E-state index is 11.6. The minimum atomic E-state index is -0.391. The Morgan fingerprint density at radius 1 is 1.36 bits per heavy atom. The first-order valence-corrected chi connectivity index (χ1v) is 8.35. The van der Waals surface area contributed by atoms with Crippen molar-refractivity contribution >= 4 is 23.6 Å². The molecule has 0 bridgehead atoms. The van der Waals surface area contributed by atoms with Crippen LogP contribution in [0.1, 0.15) is 18.4 Å². The topological polar surface area (TPSA) is 64.6 Å². The summed E-state index contributed by atoms with van der Waals surface area (Å²) >= 11 is 1.40. The number of thioether (sulfide) groups is 1. The molecule has 1 N–H and O–H groups in total. The molecule has 22 heavy (non-hydrogen) atoms. The van der Waals surface area contributed by atoms with E-state index in [-0.39, 0.29) is 24.4 Å². The lowest BCUT2D eigenvalue weighted by Crippen LogP contribution is -2.35. The number of carbonyl (C=O) groups excluding carboxylic acids is 2. The Bertz CT molecular complexity index is 497. The van der Waals surface area contributed by atoms with Crippen LogP contribution in [0.5, 0.6) is 0 Å². The van der Waals surface area contributed by atoms with Crippen LogP contribution in [-0.4, -0.2) is 43.5 Å². The first kappa shape index (κ1) is 16.8. The summed E-state index contributed by atoms with van der Waals surface area (Å²) < 4.78 is 10.4. The van der Waals surface area contributed by atoms with Gasteiger partial charge in [-0.2, -0.15) is 0 Å². The Morgan fingerprint density at radius 3 is 2.82 bits per heavy atom. The summed E-state index contributed by atoms with van der Waals surface area (Å²) in [5, 5.41) is 2.71. The van der Waals surface area contributed by atoms with Crippen LogP contribution in [0.4, 0.5) is 0 Å². The summed E-state index contributed by atoms with van der Waals surface area (Å²) in [5.41, 5.74) is 1.18. The third-order valence-electron chi connectivity index (χ3n) is 3.29. The number of ether oxygens (including phenoxy) is 2. The zero-order valence-corrected chi connectivity index (χ0v) is 13.5. The Hall–Kier alpha value is -1.53. The number of nitrogens with one attached hydrogen (secondary N) is 1. The third-order valence-corrected chi connectivity index (χ3v) is 4.28. The average molecular weight is 323 g/mol. The molecule has 1 amide bonds. The van der Waals surface area contributed by atoms with E-state index in [2.05, 4.69) is 5.32 Å². The van der Waals surface area contributed by atoms with Crippen molar-refractivity contribution in [2.24, 2.45) is 0 Å². The van der Waals surface area contributed by atoms with Gasteiger partial charge in [0.05, 0.1) is 11.9 Å². The van der Waals surface area contributed by atoms with Crippen LogP contribution in [0.15, 0.2) is 29.2 Å². The van der Waals surface area contributed by atoms with Crippen molar-refractivity contribution in [2.75, 3.05) is 25.5 Å². The van der Waals surface area contributed by atoms with Crippen molar-refractivity contribution in [3.63, 3.8) is 0 Å². The Balaban J connectivity index is 1.58. The third kappa shape index (κ3) is 6.07. The predicted octanol–water partition coefficient (Wildman–Crippen LogP) is 1.93. The number of benzene rings is 1. The van der Waals surface area contributed by atoms with Gasteiger partial charge in [0.1, 0.15) is 0 Å². The van der Waals surface area contributed by atoms with Gasteiger partial charge in [-0.05, 0) is 31.9 Å². The zero-order chi connectivity index (χ0) is 15.8. The second-order valence-electron chi connectivity index (χ2n) is 5.20. The molecular formula is C16H21NO4S. The first-order chi connectivity index (χ1) is 10.6. The van der Waals surface area contributed by atoms with Gasteiger partial charge in [-0.15, -0.1) is 11.8 Å². The fourth-order valence-corrected chi connectivity index (χ4v) is 2.74. The molecule has 1 aromatic carbocycles. The van der Waals surface area contributed by atoms with E-state index < -0.39 is 5.97 Å². The lowest BCUT2D eigenvalue weighted by atomic mass is 10.2. The maximum Gasteiger partial charge on any atom is 0.316 e. The van der Waals surface area contributed by atoms with Crippen LogP contribution in [0.2, 0.25) is 0 Å². The predicted molar refractivity (Wildman–Crippen MR) is 84.8 cm³/mol. The van der Waals surface area contributed by atoms with E-state index in [1.807, 2.05) is 31.2 Å². The minimum Gasteiger partial charge on any atom is -0.455 e. The average Bonchev–Trinajstić information content (AvgIpc) is 3.04. The van der Waals surface area contributed by atoms with Crippen LogP contribution in [-0.2, 0) is 19.1 Å². The molecule has 1 atom stereocenters. The molecule has 0 unspecified atom stereocenters. The van der Waals surface area contributed by atoms with E-state index >= 15 is 0 Å². The highest BCUT2D eigenvalue weighted by Gasteiger charge is 2.16. The molecule has 1 saturated heterocycles. The summed E-state index contributed by atoms with van der Waals surface area (Å²) in [7, 11) is 0. The standard InChI is InChI=1S/C16H21NO4S/c1-12-4-6-14(7-5-12)22-11-16(19)21-10-15(18)17-9-13-3-2-8-20-13/h4-7,13H,2-3,8-11H2,1H3,(H,17,18)/t13-/m0/s1. The van der Waals surface area contributed by atoms with Crippen LogP contribution in [0, 0.1) is 6.92 Å². The molecule has 1 aliphatic heterocycles. The monoisotopic (exact) mass is 323 g/mol. The lowest BCUT2D eigenvalue weighted by Gasteiger charge is -2.10. The maximum atomic E-state index is 11.6. The van der Waals surface area contributed by atoms with Crippen molar-refractivity contribution in [1.82, 2.24) is 5.32 Å². The van der Waals surface area contributed by atoms with Gasteiger partial charge in [0, 0.05) is 18.0 Å². The molecule has 1 aromatic rings. The van der Waals surface area contributed by atoms with Gasteiger partial charge >= 0.3 is 5.97 Å². The van der Waals surface area contributed by atoms with Crippen molar-refractivity contribution in [3.8, 4) is 0 Å². The van der Waals surface area contributed by atoms with E-state index in [9.17, 15) is 9.59 Å². The molecule has 0 radical (unpaired) electrons. The van der Waals surface area contributed by atoms with Crippen LogP contribution in [0.25, 0.3) is 0 Å². The van der Waals surface area contributed by atoms with E-state index in [1.165, 1.54) is 17.3 Å². The van der Waals surface area contributed by atoms with Crippen LogP contribution >= 0.6 is 11.8 Å². The Labute approximate surface area is 134 Å². The van der Waals surface area contributed by atoms with E-state index in [0.29, 0.717) is 6.54 Å². The molecule has 6 heteroatoms. The summed E-state index contributed by atoms with van der Waals surface area (Å²) in [6.07, 6.45) is 2.09. The highest BCUT2D eigenvalue weighted by molar-refractivity contribution is 8.00. The van der Waals surface area contributed by atoms with E-state index in [4.69, 9.17) is 9.47 Å². The number of hydrogen-bond donors (Lipinski definition) is 1. The molecule has 0 aliphatic carbocycles. The molecule has 1 heterocycles. The first-order valence-electron chi connectivity index (χ1n) is 7.37. The zero-order valence-electron chi connectivity index (χ0n) is 12.7. The quantitative estimate of drug-likeness (QED) is 0.613. The van der Waals surface area contributed by atoms with Crippen molar-refractivity contribution < 1.29 is 19.1 Å². The largest absolute Gasteiger partial charge is 0.455 e. The van der Waals surface area contributed by atoms with Gasteiger partial charge in [0.15, 0.2) is 6.61 Å². The van der Waals surface area contributed by atoms with E-state index in [0.717, 1.165) is 24.3 Å². The molecule has 1 aliphatic rings. The summed E-state index contributed by atoms with van der Waals surface area (Å²) in [6, 6.07) is 7.90. The number of hydrogen-bond acceptors (Lipinski definition) is 5. The smallest absolute Gasteiger partial charge is 0.316 e. The van der Waals surface area contributed by atoms with E-state index in [1.54, 1.807) is 0 Å². The minimum absolute atomic E-state index is 0.0942. The SMILES string of the molecule is Cc1ccc(SCC(=O)OCC(=O)NC[C@@H]2CCCO2)cc1. The van der Waals surface area contributed by atoms with Gasteiger partial charge in [0.2, 0.25) is 0 Å². The van der Waals surface area contributed by atoms with Gasteiger partial charge in [-0.1, -0.05) is 17.7 Å². The fraction of sp³-hybridized carbons (Fsp3) is 0.500. The van der Waals surface area contributed by atoms with Gasteiger partial charge < -0.3 is 14.8 Å². The number of esters is 1. The number of aryl methyl sites for hydroxylation is 1. The molecule has 0 aromatic heterocycles. The second kappa shape index (κ2) is 8.80. The van der Waals surface area contributed by atoms with Gasteiger partial charge in [-0.25, -0.2) is 0 Å². The number of rotatable bonds is 7. The normalized spacial score (nSPS) is 17.2. The molecule has 0 spiro atoms. The molecular weight excluding hydrogens is 302 g/mol. The molecule has 0 saturated carbocycles. The summed E-state index contributed by atoms with van der Waals surface area (Å²) in [4.78, 5) is 24.2. The molecule has 120 valence electrons. The van der Waals surface area contributed by atoms with Gasteiger partial charge in [0.25, 0.3) is 5.91 Å². The van der Waals surface area contributed by atoms with Crippen molar-refractivity contribution in [3.05, 3.63) is 29.8 Å². The fourth-order valence-electron chi connectivity index (χ4n) is 2.05. The summed E-state index contributed by atoms with van der Waals surface area (Å²) in [5.74, 6) is -0.482. The number of carbonyl (C=O) groups is 2. The Kier molecular flexibility index (Phi) is 6.74. The summed E-state index contributed by atoms with van der Waals surface area (Å²) in [6.45, 7) is 3.01. The lowest BCUT2D eigenvalue weighted by molar-refractivity contribution is -0.146. The second-order valence-corrected chi connectivity index (χ2v) is 6.25. The number of amides is 1. The molecule has 2 rings (SSSR count). The Morgan fingerprint density at radius 2 is 2.14 bits per heavy atom.